The molecule has 13 heteroatoms. The molecule has 2 amide bonds. The number of amides is 2. The maximum Gasteiger partial charge on any atom is 0.416 e. The molecule has 0 bridgehead atoms. The van der Waals surface area contributed by atoms with Crippen molar-refractivity contribution in [3.05, 3.63) is 104 Å². The fourth-order valence-corrected chi connectivity index (χ4v) is 5.77. The number of ether oxygens (including phenoxy) is 2. The van der Waals surface area contributed by atoms with Gasteiger partial charge in [0.15, 0.2) is 11.5 Å². The number of benzene rings is 3. The number of carbonyl (C=O) groups excluding carboxylic acids is 2. The first-order chi connectivity index (χ1) is 21.5. The van der Waals surface area contributed by atoms with Crippen molar-refractivity contribution in [1.29, 1.82) is 0 Å². The minimum Gasteiger partial charge on any atom is -0.493 e. The van der Waals surface area contributed by atoms with E-state index in [9.17, 15) is 38.1 Å². The normalized spacial score (nSPS) is 18.1. The summed E-state index contributed by atoms with van der Waals surface area (Å²) >= 11 is 1.99. The van der Waals surface area contributed by atoms with Crippen LogP contribution in [-0.2, 0) is 24.1 Å². The quantitative estimate of drug-likeness (QED) is 0.219. The van der Waals surface area contributed by atoms with Crippen LogP contribution in [0, 0.1) is 3.57 Å². The maximum atomic E-state index is 14.0. The lowest BCUT2D eigenvalue weighted by Crippen LogP contribution is -2.54. The molecule has 0 heterocycles. The minimum atomic E-state index is -4.59. The fourth-order valence-electron chi connectivity index (χ4n) is 4.98. The Balaban J connectivity index is 1.77. The van der Waals surface area contributed by atoms with Gasteiger partial charge in [0.05, 0.1) is 35.5 Å². The monoisotopic (exact) mass is 740 g/mol. The Morgan fingerprint density at radius 2 is 1.73 bits per heavy atom. The third-order valence-electron chi connectivity index (χ3n) is 7.26. The first kappa shape index (κ1) is 34.2. The highest BCUT2D eigenvalue weighted by Crippen LogP contribution is 2.38. The largest absolute Gasteiger partial charge is 0.493 e. The van der Waals surface area contributed by atoms with Crippen molar-refractivity contribution in [1.82, 2.24) is 10.2 Å². The average molecular weight is 741 g/mol. The average Bonchev–Trinajstić information content (AvgIpc) is 3.04. The third kappa shape index (κ3) is 8.34. The number of nitrogens with one attached hydrogen (secondary N) is 1. The zero-order chi connectivity index (χ0) is 32.7. The standard InChI is InChI=1S/C32H32F3IN2O7/c1-44-27-14-20(18-40)13-24(36)29(27)45-26-16-22(30(42)37-11-12-39)15-25(28(26)41)38(17-19-5-3-2-4-6-19)31(43)21-7-9-23(10-8-21)32(33,34)35/h2-10,13-14,16,25-26,28,39-41H,11-12,15,17-18H2,1H3,(H,37,42)/t25-,26+,28+/m1/s1. The van der Waals surface area contributed by atoms with E-state index in [1.165, 1.54) is 18.1 Å². The zero-order valence-electron chi connectivity index (χ0n) is 24.1. The van der Waals surface area contributed by atoms with Gasteiger partial charge in [-0.25, -0.2) is 0 Å². The highest BCUT2D eigenvalue weighted by Gasteiger charge is 2.41. The van der Waals surface area contributed by atoms with E-state index < -0.39 is 41.8 Å². The lowest BCUT2D eigenvalue weighted by molar-refractivity contribution is -0.137. The van der Waals surface area contributed by atoms with E-state index in [1.54, 1.807) is 42.5 Å². The van der Waals surface area contributed by atoms with Crippen molar-refractivity contribution >= 4 is 34.4 Å². The van der Waals surface area contributed by atoms with Gasteiger partial charge in [-0.05, 0) is 76.2 Å². The molecule has 1 aliphatic rings. The van der Waals surface area contributed by atoms with Gasteiger partial charge in [0.2, 0.25) is 5.91 Å². The van der Waals surface area contributed by atoms with Gasteiger partial charge in [0.25, 0.3) is 5.91 Å². The summed E-state index contributed by atoms with van der Waals surface area (Å²) in [7, 11) is 1.41. The van der Waals surface area contributed by atoms with Crippen LogP contribution in [0.5, 0.6) is 11.5 Å². The Labute approximate surface area is 271 Å². The highest BCUT2D eigenvalue weighted by atomic mass is 127. The Bertz CT molecular complexity index is 1520. The van der Waals surface area contributed by atoms with Gasteiger partial charge in [-0.3, -0.25) is 9.59 Å². The molecule has 9 nitrogen and oxygen atoms in total. The molecule has 0 saturated heterocycles. The van der Waals surface area contributed by atoms with Crippen LogP contribution in [0.1, 0.15) is 33.5 Å². The third-order valence-corrected chi connectivity index (χ3v) is 8.06. The molecule has 0 unspecified atom stereocenters. The number of nitrogens with zero attached hydrogens (tertiary/aromatic N) is 1. The number of methoxy groups -OCH3 is 1. The van der Waals surface area contributed by atoms with Crippen LogP contribution in [0.4, 0.5) is 13.2 Å². The number of aliphatic hydroxyl groups is 3. The number of hydrogen-bond acceptors (Lipinski definition) is 7. The molecule has 0 saturated carbocycles. The highest BCUT2D eigenvalue weighted by molar-refractivity contribution is 14.1. The van der Waals surface area contributed by atoms with Crippen LogP contribution in [0.25, 0.3) is 0 Å². The second kappa shape index (κ2) is 15.1. The van der Waals surface area contributed by atoms with Crippen molar-refractivity contribution in [2.24, 2.45) is 0 Å². The molecule has 45 heavy (non-hydrogen) atoms. The number of halogens is 4. The summed E-state index contributed by atoms with van der Waals surface area (Å²) in [4.78, 5) is 28.5. The van der Waals surface area contributed by atoms with E-state index in [1.807, 2.05) is 22.6 Å². The number of aliphatic hydroxyl groups excluding tert-OH is 3. The summed E-state index contributed by atoms with van der Waals surface area (Å²) in [5.41, 5.74) is 0.449. The van der Waals surface area contributed by atoms with Crippen molar-refractivity contribution in [2.45, 2.75) is 44.0 Å². The molecular formula is C32H32F3IN2O7. The van der Waals surface area contributed by atoms with Crippen LogP contribution in [0.3, 0.4) is 0 Å². The molecule has 0 aliphatic heterocycles. The molecular weight excluding hydrogens is 708 g/mol. The first-order valence-corrected chi connectivity index (χ1v) is 15.0. The maximum absolute atomic E-state index is 14.0. The van der Waals surface area contributed by atoms with Gasteiger partial charge in [-0.15, -0.1) is 0 Å². The molecule has 1 aliphatic carbocycles. The zero-order valence-corrected chi connectivity index (χ0v) is 26.3. The predicted octanol–water partition coefficient (Wildman–Crippen LogP) is 4.07. The number of alkyl halides is 3. The van der Waals surface area contributed by atoms with E-state index in [2.05, 4.69) is 5.32 Å². The first-order valence-electron chi connectivity index (χ1n) is 13.9. The van der Waals surface area contributed by atoms with Gasteiger partial charge in [0, 0.05) is 30.6 Å². The smallest absolute Gasteiger partial charge is 0.416 e. The predicted molar refractivity (Wildman–Crippen MR) is 166 cm³/mol. The molecule has 0 radical (unpaired) electrons. The Hall–Kier alpha value is -3.66. The van der Waals surface area contributed by atoms with Crippen LogP contribution in [0.2, 0.25) is 0 Å². The second-order valence-corrected chi connectivity index (χ2v) is 11.4. The topological polar surface area (TPSA) is 129 Å². The Morgan fingerprint density at radius 1 is 1.04 bits per heavy atom. The molecule has 240 valence electrons. The second-order valence-electron chi connectivity index (χ2n) is 10.3. The lowest BCUT2D eigenvalue weighted by atomic mass is 9.87. The van der Waals surface area contributed by atoms with Crippen LogP contribution in [-0.4, -0.2) is 70.5 Å². The van der Waals surface area contributed by atoms with E-state index in [0.29, 0.717) is 14.7 Å². The van der Waals surface area contributed by atoms with Gasteiger partial charge in [-0.1, -0.05) is 30.3 Å². The van der Waals surface area contributed by atoms with Gasteiger partial charge in [-0.2, -0.15) is 13.2 Å². The molecule has 4 rings (SSSR count). The van der Waals surface area contributed by atoms with E-state index in [4.69, 9.17) is 9.47 Å². The van der Waals surface area contributed by atoms with Crippen LogP contribution < -0.4 is 14.8 Å². The summed E-state index contributed by atoms with van der Waals surface area (Å²) in [6.45, 7) is -0.644. The van der Waals surface area contributed by atoms with Crippen molar-refractivity contribution in [2.75, 3.05) is 20.3 Å². The van der Waals surface area contributed by atoms with E-state index >= 15 is 0 Å². The van der Waals surface area contributed by atoms with Gasteiger partial charge < -0.3 is 35.0 Å². The van der Waals surface area contributed by atoms with Gasteiger partial charge in [0.1, 0.15) is 12.2 Å². The molecule has 3 aromatic rings. The molecule has 0 fully saturated rings. The van der Waals surface area contributed by atoms with Crippen molar-refractivity contribution < 1.29 is 47.6 Å². The van der Waals surface area contributed by atoms with Crippen molar-refractivity contribution in [3.8, 4) is 11.5 Å². The van der Waals surface area contributed by atoms with Crippen LogP contribution in [0.15, 0.2) is 78.4 Å². The number of carbonyl (C=O) groups is 2. The molecule has 0 spiro atoms. The minimum absolute atomic E-state index is 0.0350. The number of hydrogen-bond donors (Lipinski definition) is 4. The molecule has 0 aromatic heterocycles. The summed E-state index contributed by atoms with van der Waals surface area (Å²) in [5, 5.41) is 33.2. The fraction of sp³-hybridized carbons (Fsp3) is 0.312. The Morgan fingerprint density at radius 3 is 2.33 bits per heavy atom. The summed E-state index contributed by atoms with van der Waals surface area (Å²) in [6.07, 6.45) is -5.86. The molecule has 3 aromatic carbocycles. The summed E-state index contributed by atoms with van der Waals surface area (Å²) < 4.78 is 52.0. The Kier molecular flexibility index (Phi) is 11.5. The van der Waals surface area contributed by atoms with E-state index in [0.717, 1.165) is 24.3 Å². The van der Waals surface area contributed by atoms with E-state index in [-0.39, 0.29) is 55.4 Å². The van der Waals surface area contributed by atoms with Crippen molar-refractivity contribution in [3.63, 3.8) is 0 Å². The van der Waals surface area contributed by atoms with Crippen LogP contribution >= 0.6 is 22.6 Å². The summed E-state index contributed by atoms with van der Waals surface area (Å²) in [6, 6.07) is 14.8. The molecule has 4 N–H and O–H groups in total. The summed E-state index contributed by atoms with van der Waals surface area (Å²) in [5.74, 6) is -0.711. The molecule has 3 atom stereocenters. The van der Waals surface area contributed by atoms with Gasteiger partial charge >= 0.3 is 6.18 Å². The number of rotatable bonds is 11. The SMILES string of the molecule is COc1cc(CO)cc(I)c1O[C@H]1C=C(C(=O)NCCO)C[C@@H](N(Cc2ccccc2)C(=O)c2ccc(C(F)(F)F)cc2)[C@@H]1O. The lowest BCUT2D eigenvalue weighted by Gasteiger charge is -2.40.